The van der Waals surface area contributed by atoms with Crippen molar-refractivity contribution in [1.29, 1.82) is 0 Å². The second kappa shape index (κ2) is 8.36. The molecule has 0 spiro atoms. The Kier molecular flexibility index (Phi) is 6.42. The Morgan fingerprint density at radius 3 is 2.27 bits per heavy atom. The minimum Gasteiger partial charge on any atom is -0.350 e. The van der Waals surface area contributed by atoms with Crippen LogP contribution in [0.3, 0.4) is 0 Å². The van der Waals surface area contributed by atoms with E-state index in [1.165, 1.54) is 4.31 Å². The van der Waals surface area contributed by atoms with Crippen LogP contribution in [0.25, 0.3) is 0 Å². The summed E-state index contributed by atoms with van der Waals surface area (Å²) in [5.74, 6) is -0.306. The second-order valence-electron chi connectivity index (χ2n) is 6.53. The molecule has 1 N–H and O–H groups in total. The summed E-state index contributed by atoms with van der Waals surface area (Å²) in [6.45, 7) is 6.06. The summed E-state index contributed by atoms with van der Waals surface area (Å²) in [6.07, 6.45) is 1.51. The first kappa shape index (κ1) is 20.0. The first-order valence-corrected chi connectivity index (χ1v) is 10.5. The number of carbonyl (C=O) groups is 1. The molecule has 0 saturated carbocycles. The number of rotatable bonds is 7. The van der Waals surface area contributed by atoms with E-state index in [1.54, 1.807) is 18.2 Å². The summed E-state index contributed by atoms with van der Waals surface area (Å²) in [7, 11) is -3.61. The van der Waals surface area contributed by atoms with Crippen LogP contribution in [0.4, 0.5) is 5.69 Å². The van der Waals surface area contributed by atoms with Gasteiger partial charge in [-0.05, 0) is 43.5 Å². The van der Waals surface area contributed by atoms with Crippen LogP contribution in [-0.4, -0.2) is 26.6 Å². The van der Waals surface area contributed by atoms with Crippen LogP contribution in [-0.2, 0) is 21.4 Å². The van der Waals surface area contributed by atoms with Gasteiger partial charge in [0.2, 0.25) is 15.9 Å². The maximum absolute atomic E-state index is 12.7. The minimum atomic E-state index is -3.61. The average molecular weight is 375 g/mol. The van der Waals surface area contributed by atoms with E-state index < -0.39 is 16.1 Å². The van der Waals surface area contributed by atoms with Crippen molar-refractivity contribution >= 4 is 21.6 Å². The molecule has 0 bridgehead atoms. The third-order valence-corrected chi connectivity index (χ3v) is 5.35. The van der Waals surface area contributed by atoms with Gasteiger partial charge >= 0.3 is 0 Å². The zero-order valence-electron chi connectivity index (χ0n) is 15.7. The lowest BCUT2D eigenvalue weighted by molar-refractivity contribution is -0.122. The van der Waals surface area contributed by atoms with Gasteiger partial charge in [0.05, 0.1) is 11.9 Å². The molecule has 2 rings (SSSR count). The quantitative estimate of drug-likeness (QED) is 0.809. The number of nitrogens with one attached hydrogen (secondary N) is 1. The summed E-state index contributed by atoms with van der Waals surface area (Å²) in [5, 5.41) is 2.86. The minimum absolute atomic E-state index is 0.306. The lowest BCUT2D eigenvalue weighted by Crippen LogP contribution is -2.49. The molecule has 0 aliphatic heterocycles. The number of benzene rings is 2. The van der Waals surface area contributed by atoms with Crippen molar-refractivity contribution in [3.63, 3.8) is 0 Å². The zero-order chi connectivity index (χ0) is 19.3. The Morgan fingerprint density at radius 2 is 1.73 bits per heavy atom. The highest BCUT2D eigenvalue weighted by Crippen LogP contribution is 2.23. The average Bonchev–Trinajstić information content (AvgIpc) is 2.57. The molecule has 0 aromatic heterocycles. The molecule has 140 valence electrons. The smallest absolute Gasteiger partial charge is 0.244 e. The molecule has 0 unspecified atom stereocenters. The highest BCUT2D eigenvalue weighted by Gasteiger charge is 2.31. The van der Waals surface area contributed by atoms with Gasteiger partial charge in [0.1, 0.15) is 6.04 Å². The van der Waals surface area contributed by atoms with Crippen molar-refractivity contribution in [1.82, 2.24) is 5.32 Å². The predicted octanol–water partition coefficient (Wildman–Crippen LogP) is 3.16. The highest BCUT2D eigenvalue weighted by atomic mass is 32.2. The van der Waals surface area contributed by atoms with Crippen molar-refractivity contribution in [3.05, 3.63) is 65.2 Å². The zero-order valence-corrected chi connectivity index (χ0v) is 16.5. The maximum Gasteiger partial charge on any atom is 0.244 e. The summed E-state index contributed by atoms with van der Waals surface area (Å²) in [6, 6.07) is 14.2. The highest BCUT2D eigenvalue weighted by molar-refractivity contribution is 7.92. The Hall–Kier alpha value is -2.34. The number of nitrogens with zero attached hydrogens (tertiary/aromatic N) is 1. The number of hydrogen-bond donors (Lipinski definition) is 1. The van der Waals surface area contributed by atoms with Crippen LogP contribution < -0.4 is 9.62 Å². The van der Waals surface area contributed by atoms with Crippen LogP contribution in [0, 0.1) is 13.8 Å². The summed E-state index contributed by atoms with van der Waals surface area (Å²) < 4.78 is 26.0. The fourth-order valence-corrected chi connectivity index (χ4v) is 4.04. The SMILES string of the molecule is CC[C@H](C(=O)NCc1ccc(C)cc1)N(c1cccc(C)c1)S(C)(=O)=O. The monoisotopic (exact) mass is 374 g/mol. The molecule has 1 atom stereocenters. The summed E-state index contributed by atoms with van der Waals surface area (Å²) in [5.41, 5.74) is 3.56. The van der Waals surface area contributed by atoms with Crippen molar-refractivity contribution < 1.29 is 13.2 Å². The van der Waals surface area contributed by atoms with Gasteiger partial charge in [-0.15, -0.1) is 0 Å². The van der Waals surface area contributed by atoms with E-state index in [0.717, 1.165) is 22.9 Å². The summed E-state index contributed by atoms with van der Waals surface area (Å²) in [4.78, 5) is 12.7. The van der Waals surface area contributed by atoms with Crippen molar-refractivity contribution in [2.75, 3.05) is 10.6 Å². The van der Waals surface area contributed by atoms with E-state index in [0.29, 0.717) is 18.7 Å². The van der Waals surface area contributed by atoms with E-state index in [1.807, 2.05) is 51.1 Å². The molecule has 5 nitrogen and oxygen atoms in total. The van der Waals surface area contributed by atoms with Gasteiger partial charge < -0.3 is 5.32 Å². The number of hydrogen-bond acceptors (Lipinski definition) is 3. The largest absolute Gasteiger partial charge is 0.350 e. The molecule has 0 aliphatic carbocycles. The van der Waals surface area contributed by atoms with Crippen LogP contribution in [0.2, 0.25) is 0 Å². The molecule has 6 heteroatoms. The van der Waals surface area contributed by atoms with Crippen LogP contribution >= 0.6 is 0 Å². The molecule has 0 saturated heterocycles. The standard InChI is InChI=1S/C20H26N2O3S/c1-5-19(20(23)21-14-17-11-9-15(2)10-12-17)22(26(4,24)25)18-8-6-7-16(3)13-18/h6-13,19H,5,14H2,1-4H3,(H,21,23)/t19-/m1/s1. The molecular formula is C20H26N2O3S. The molecule has 2 aromatic carbocycles. The third kappa shape index (κ3) is 5.08. The number of aryl methyl sites for hydroxylation is 2. The van der Waals surface area contributed by atoms with E-state index in [4.69, 9.17) is 0 Å². The molecule has 0 aliphatic rings. The fourth-order valence-electron chi connectivity index (χ4n) is 2.84. The lowest BCUT2D eigenvalue weighted by atomic mass is 10.1. The van der Waals surface area contributed by atoms with Gasteiger partial charge in [0.15, 0.2) is 0 Å². The normalized spacial score (nSPS) is 12.5. The Balaban J connectivity index is 2.23. The third-order valence-electron chi connectivity index (χ3n) is 4.17. The van der Waals surface area contributed by atoms with Crippen LogP contribution in [0.1, 0.15) is 30.0 Å². The van der Waals surface area contributed by atoms with E-state index in [9.17, 15) is 13.2 Å². The predicted molar refractivity (Wildman–Crippen MR) is 106 cm³/mol. The van der Waals surface area contributed by atoms with Crippen LogP contribution in [0.5, 0.6) is 0 Å². The maximum atomic E-state index is 12.7. The Labute approximate surface area is 156 Å². The Bertz CT molecular complexity index is 861. The first-order chi connectivity index (χ1) is 12.2. The fraction of sp³-hybridized carbons (Fsp3) is 0.350. The molecule has 26 heavy (non-hydrogen) atoms. The van der Waals surface area contributed by atoms with Gasteiger partial charge in [0.25, 0.3) is 0 Å². The van der Waals surface area contributed by atoms with E-state index >= 15 is 0 Å². The van der Waals surface area contributed by atoms with Crippen molar-refractivity contribution in [2.24, 2.45) is 0 Å². The number of sulfonamides is 1. The van der Waals surface area contributed by atoms with Gasteiger partial charge in [-0.2, -0.15) is 0 Å². The number of amides is 1. The molecule has 2 aromatic rings. The lowest BCUT2D eigenvalue weighted by Gasteiger charge is -2.30. The molecular weight excluding hydrogens is 348 g/mol. The van der Waals surface area contributed by atoms with Crippen molar-refractivity contribution in [2.45, 2.75) is 39.8 Å². The molecule has 0 radical (unpaired) electrons. The molecule has 1 amide bonds. The summed E-state index contributed by atoms with van der Waals surface area (Å²) >= 11 is 0. The van der Waals surface area contributed by atoms with Gasteiger partial charge in [0, 0.05) is 6.54 Å². The number of anilines is 1. The van der Waals surface area contributed by atoms with Gasteiger partial charge in [-0.25, -0.2) is 8.42 Å². The van der Waals surface area contributed by atoms with E-state index in [-0.39, 0.29) is 5.91 Å². The topological polar surface area (TPSA) is 66.5 Å². The second-order valence-corrected chi connectivity index (χ2v) is 8.38. The van der Waals surface area contributed by atoms with Gasteiger partial charge in [-0.1, -0.05) is 48.9 Å². The number of carbonyl (C=O) groups excluding carboxylic acids is 1. The first-order valence-electron chi connectivity index (χ1n) is 8.61. The Morgan fingerprint density at radius 1 is 1.08 bits per heavy atom. The van der Waals surface area contributed by atoms with Crippen molar-refractivity contribution in [3.8, 4) is 0 Å². The van der Waals surface area contributed by atoms with Gasteiger partial charge in [-0.3, -0.25) is 9.10 Å². The van der Waals surface area contributed by atoms with Crippen LogP contribution in [0.15, 0.2) is 48.5 Å². The van der Waals surface area contributed by atoms with E-state index in [2.05, 4.69) is 5.32 Å². The molecule has 0 fully saturated rings. The molecule has 0 heterocycles.